The number of sulfonamides is 1. The first kappa shape index (κ1) is 32.4. The Morgan fingerprint density at radius 1 is 0.952 bits per heavy atom. The first-order valence-electron chi connectivity index (χ1n) is 13.7. The van der Waals surface area contributed by atoms with Gasteiger partial charge in [-0.1, -0.05) is 26.0 Å². The van der Waals surface area contributed by atoms with Crippen LogP contribution >= 0.6 is 0 Å². The number of anilines is 1. The van der Waals surface area contributed by atoms with Gasteiger partial charge in [0.1, 0.15) is 29.9 Å². The monoisotopic (exact) mass is 599 g/mol. The lowest BCUT2D eigenvalue weighted by Gasteiger charge is -2.32. The number of methoxy groups -OCH3 is 1. The summed E-state index contributed by atoms with van der Waals surface area (Å²) >= 11 is 0. The Hall–Kier alpha value is -4.12. The first-order chi connectivity index (χ1) is 20.0. The highest BCUT2D eigenvalue weighted by Crippen LogP contribution is 2.27. The summed E-state index contributed by atoms with van der Waals surface area (Å²) in [6, 6.07) is 16.8. The van der Waals surface area contributed by atoms with Gasteiger partial charge in [0.15, 0.2) is 0 Å². The molecule has 3 aromatic rings. The molecule has 0 bridgehead atoms. The number of amides is 2. The van der Waals surface area contributed by atoms with Crippen molar-refractivity contribution in [3.05, 3.63) is 84.2 Å². The standard InChI is InChI=1S/C31H38FN3O6S/c1-6-41-27-14-12-26(13-15-27)35(42(38,39)29-16-10-25(32)11-17-29)21-30(36)34(23(4)31(37)33-19-22(2)3)20-24-8-7-9-28(18-24)40-5/h7-18,22-23H,6,19-21H2,1-5H3,(H,33,37)/t23-/m0/s1. The molecule has 1 atom stereocenters. The number of nitrogens with one attached hydrogen (secondary N) is 1. The highest BCUT2D eigenvalue weighted by atomic mass is 32.2. The van der Waals surface area contributed by atoms with E-state index >= 15 is 0 Å². The lowest BCUT2D eigenvalue weighted by atomic mass is 10.1. The molecular formula is C31H38FN3O6S. The molecule has 0 aliphatic carbocycles. The van der Waals surface area contributed by atoms with Crippen molar-refractivity contribution in [1.29, 1.82) is 0 Å². The second kappa shape index (κ2) is 14.7. The van der Waals surface area contributed by atoms with Gasteiger partial charge in [0.2, 0.25) is 11.8 Å². The summed E-state index contributed by atoms with van der Waals surface area (Å²) in [5.41, 5.74) is 0.898. The molecule has 0 aromatic heterocycles. The number of nitrogens with zero attached hydrogens (tertiary/aromatic N) is 2. The van der Waals surface area contributed by atoms with Gasteiger partial charge >= 0.3 is 0 Å². The Bertz CT molecular complexity index is 1450. The van der Waals surface area contributed by atoms with Gasteiger partial charge in [-0.25, -0.2) is 12.8 Å². The quantitative estimate of drug-likeness (QED) is 0.290. The SMILES string of the molecule is CCOc1ccc(N(CC(=O)N(Cc2cccc(OC)c2)[C@@H](C)C(=O)NCC(C)C)S(=O)(=O)c2ccc(F)cc2)cc1. The molecule has 0 saturated carbocycles. The van der Waals surface area contributed by atoms with Crippen LogP contribution in [-0.2, 0) is 26.2 Å². The number of benzene rings is 3. The molecular weight excluding hydrogens is 561 g/mol. The molecule has 1 N–H and O–H groups in total. The second-order valence-electron chi connectivity index (χ2n) is 10.1. The van der Waals surface area contributed by atoms with Gasteiger partial charge in [-0.05, 0) is 86.0 Å². The van der Waals surface area contributed by atoms with Gasteiger partial charge in [0.05, 0.1) is 24.3 Å². The van der Waals surface area contributed by atoms with Gasteiger partial charge in [-0.3, -0.25) is 13.9 Å². The lowest BCUT2D eigenvalue weighted by Crippen LogP contribution is -2.51. The molecule has 42 heavy (non-hydrogen) atoms. The molecule has 2 amide bonds. The average Bonchev–Trinajstić information content (AvgIpc) is 2.97. The second-order valence-corrected chi connectivity index (χ2v) is 11.9. The van der Waals surface area contributed by atoms with Crippen molar-refractivity contribution in [2.75, 3.05) is 31.1 Å². The summed E-state index contributed by atoms with van der Waals surface area (Å²) in [5, 5.41) is 2.85. The van der Waals surface area contributed by atoms with Crippen molar-refractivity contribution in [3.8, 4) is 11.5 Å². The van der Waals surface area contributed by atoms with E-state index in [0.717, 1.165) is 28.6 Å². The van der Waals surface area contributed by atoms with E-state index in [9.17, 15) is 22.4 Å². The molecule has 0 heterocycles. The van der Waals surface area contributed by atoms with Crippen LogP contribution in [0.2, 0.25) is 0 Å². The fourth-order valence-corrected chi connectivity index (χ4v) is 5.55. The Morgan fingerprint density at radius 2 is 1.62 bits per heavy atom. The van der Waals surface area contributed by atoms with E-state index in [4.69, 9.17) is 9.47 Å². The third-order valence-electron chi connectivity index (χ3n) is 6.46. The molecule has 0 aliphatic heterocycles. The van der Waals surface area contributed by atoms with E-state index in [2.05, 4.69) is 5.32 Å². The fourth-order valence-electron chi connectivity index (χ4n) is 4.14. The number of hydrogen-bond donors (Lipinski definition) is 1. The highest BCUT2D eigenvalue weighted by Gasteiger charge is 2.32. The molecule has 0 fully saturated rings. The molecule has 0 aliphatic rings. The Kier molecular flexibility index (Phi) is 11.3. The van der Waals surface area contributed by atoms with Crippen LogP contribution < -0.4 is 19.1 Å². The van der Waals surface area contributed by atoms with Crippen molar-refractivity contribution >= 4 is 27.5 Å². The maximum absolute atomic E-state index is 14.0. The van der Waals surface area contributed by atoms with Crippen molar-refractivity contribution in [2.24, 2.45) is 5.92 Å². The number of carbonyl (C=O) groups excluding carboxylic acids is 2. The molecule has 0 spiro atoms. The van der Waals surface area contributed by atoms with Crippen LogP contribution in [0, 0.1) is 11.7 Å². The summed E-state index contributed by atoms with van der Waals surface area (Å²) in [6.07, 6.45) is 0. The summed E-state index contributed by atoms with van der Waals surface area (Å²) < 4.78 is 53.1. The van der Waals surface area contributed by atoms with E-state index in [1.54, 1.807) is 43.3 Å². The normalized spacial score (nSPS) is 12.0. The molecule has 9 nitrogen and oxygen atoms in total. The average molecular weight is 600 g/mol. The summed E-state index contributed by atoms with van der Waals surface area (Å²) in [6.45, 7) is 7.60. The van der Waals surface area contributed by atoms with E-state index in [0.29, 0.717) is 30.2 Å². The number of hydrogen-bond acceptors (Lipinski definition) is 6. The van der Waals surface area contributed by atoms with Gasteiger partial charge < -0.3 is 19.7 Å². The zero-order valence-electron chi connectivity index (χ0n) is 24.5. The summed E-state index contributed by atoms with van der Waals surface area (Å²) in [7, 11) is -2.79. The predicted molar refractivity (Wildman–Crippen MR) is 159 cm³/mol. The van der Waals surface area contributed by atoms with E-state index in [1.165, 1.54) is 24.1 Å². The van der Waals surface area contributed by atoms with Gasteiger partial charge in [-0.2, -0.15) is 0 Å². The molecule has 0 saturated heterocycles. The largest absolute Gasteiger partial charge is 0.497 e. The third-order valence-corrected chi connectivity index (χ3v) is 8.24. The van der Waals surface area contributed by atoms with Crippen molar-refractivity contribution < 1.29 is 31.9 Å². The van der Waals surface area contributed by atoms with E-state index in [-0.39, 0.29) is 29.0 Å². The number of rotatable bonds is 14. The number of ether oxygens (including phenoxy) is 2. The maximum atomic E-state index is 14.0. The van der Waals surface area contributed by atoms with Crippen LogP contribution in [0.4, 0.5) is 10.1 Å². The Labute approximate surface area is 247 Å². The Morgan fingerprint density at radius 3 is 2.21 bits per heavy atom. The van der Waals surface area contributed by atoms with Gasteiger partial charge in [-0.15, -0.1) is 0 Å². The van der Waals surface area contributed by atoms with Crippen LogP contribution in [0.25, 0.3) is 0 Å². The van der Waals surface area contributed by atoms with Crippen LogP contribution in [-0.4, -0.2) is 58.0 Å². The summed E-state index contributed by atoms with van der Waals surface area (Å²) in [4.78, 5) is 28.2. The van der Waals surface area contributed by atoms with E-state index < -0.39 is 34.3 Å². The summed E-state index contributed by atoms with van der Waals surface area (Å²) in [5.74, 6) is -0.268. The molecule has 0 unspecified atom stereocenters. The maximum Gasteiger partial charge on any atom is 0.264 e. The van der Waals surface area contributed by atoms with E-state index in [1.807, 2.05) is 20.8 Å². The highest BCUT2D eigenvalue weighted by molar-refractivity contribution is 7.92. The van der Waals surface area contributed by atoms with Crippen LogP contribution in [0.15, 0.2) is 77.7 Å². The fraction of sp³-hybridized carbons (Fsp3) is 0.355. The molecule has 3 rings (SSSR count). The minimum Gasteiger partial charge on any atom is -0.497 e. The third kappa shape index (κ3) is 8.45. The lowest BCUT2D eigenvalue weighted by molar-refractivity contribution is -0.139. The van der Waals surface area contributed by atoms with Crippen molar-refractivity contribution in [3.63, 3.8) is 0 Å². The first-order valence-corrected chi connectivity index (χ1v) is 15.1. The molecule has 11 heteroatoms. The minimum atomic E-state index is -4.32. The molecule has 226 valence electrons. The van der Waals surface area contributed by atoms with Crippen molar-refractivity contribution in [1.82, 2.24) is 10.2 Å². The smallest absolute Gasteiger partial charge is 0.264 e. The van der Waals surface area contributed by atoms with Crippen LogP contribution in [0.1, 0.15) is 33.3 Å². The zero-order chi connectivity index (χ0) is 30.9. The molecule has 3 aromatic carbocycles. The van der Waals surface area contributed by atoms with Crippen LogP contribution in [0.3, 0.4) is 0 Å². The number of halogens is 1. The van der Waals surface area contributed by atoms with Gasteiger partial charge in [0, 0.05) is 13.1 Å². The number of carbonyl (C=O) groups is 2. The molecule has 0 radical (unpaired) electrons. The minimum absolute atomic E-state index is 0.0278. The zero-order valence-corrected chi connectivity index (χ0v) is 25.4. The predicted octanol–water partition coefficient (Wildman–Crippen LogP) is 4.62. The topological polar surface area (TPSA) is 105 Å². The Balaban J connectivity index is 2.02. The van der Waals surface area contributed by atoms with Crippen molar-refractivity contribution in [2.45, 2.75) is 45.2 Å². The van der Waals surface area contributed by atoms with Gasteiger partial charge in [0.25, 0.3) is 10.0 Å². The van der Waals surface area contributed by atoms with Crippen LogP contribution in [0.5, 0.6) is 11.5 Å².